The first kappa shape index (κ1) is 13.6. The van der Waals surface area contributed by atoms with Crippen LogP contribution in [0.4, 0.5) is 0 Å². The smallest absolute Gasteiger partial charge is 0.150 e. The maximum Gasteiger partial charge on any atom is 0.150 e. The first-order chi connectivity index (χ1) is 8.67. The molecule has 0 amide bonds. The summed E-state index contributed by atoms with van der Waals surface area (Å²) in [6.45, 7) is 10.8. The molecule has 4 heteroatoms. The highest BCUT2D eigenvalue weighted by atomic mass is 16.5. The van der Waals surface area contributed by atoms with E-state index < -0.39 is 0 Å². The predicted octanol–water partition coefficient (Wildman–Crippen LogP) is 2.34. The molecule has 1 fully saturated rings. The van der Waals surface area contributed by atoms with Gasteiger partial charge in [0.1, 0.15) is 0 Å². The monoisotopic (exact) mass is 251 g/mol. The second-order valence-corrected chi connectivity index (χ2v) is 5.41. The molecular weight excluding hydrogens is 226 g/mol. The van der Waals surface area contributed by atoms with Crippen molar-refractivity contribution in [3.8, 4) is 0 Å². The summed E-state index contributed by atoms with van der Waals surface area (Å²) in [6.07, 6.45) is 3.56. The average Bonchev–Trinajstić information content (AvgIpc) is 2.66. The van der Waals surface area contributed by atoms with Crippen LogP contribution in [0.15, 0.2) is 10.6 Å². The lowest BCUT2D eigenvalue weighted by atomic mass is 9.92. The number of rotatable bonds is 4. The molecule has 1 saturated heterocycles. The molecule has 102 valence electrons. The zero-order valence-electron chi connectivity index (χ0n) is 11.8. The summed E-state index contributed by atoms with van der Waals surface area (Å²) >= 11 is 0. The van der Waals surface area contributed by atoms with Crippen LogP contribution in [0, 0.1) is 6.92 Å². The van der Waals surface area contributed by atoms with Crippen LogP contribution < -0.4 is 5.32 Å². The van der Waals surface area contributed by atoms with Crippen LogP contribution in [-0.2, 0) is 6.54 Å². The van der Waals surface area contributed by atoms with E-state index in [1.54, 1.807) is 0 Å². The van der Waals surface area contributed by atoms with Crippen LogP contribution in [0.5, 0.6) is 0 Å². The third-order valence-electron chi connectivity index (χ3n) is 4.09. The third-order valence-corrected chi connectivity index (χ3v) is 4.09. The van der Waals surface area contributed by atoms with Crippen molar-refractivity contribution >= 4 is 0 Å². The van der Waals surface area contributed by atoms with Gasteiger partial charge in [-0.1, -0.05) is 19.0 Å². The largest absolute Gasteiger partial charge is 0.360 e. The first-order valence-electron chi connectivity index (χ1n) is 7.07. The van der Waals surface area contributed by atoms with Gasteiger partial charge in [-0.3, -0.25) is 4.90 Å². The number of nitrogens with one attached hydrogen (secondary N) is 1. The zero-order valence-corrected chi connectivity index (χ0v) is 11.8. The van der Waals surface area contributed by atoms with Crippen molar-refractivity contribution < 1.29 is 4.52 Å². The summed E-state index contributed by atoms with van der Waals surface area (Å²) in [5, 5.41) is 7.69. The Balaban J connectivity index is 2.03. The molecular formula is C14H25N3O. The SMILES string of the molecule is CCC1(CC)CN(Cc2cc(C)no2)CCCN1. The van der Waals surface area contributed by atoms with Crippen molar-refractivity contribution in [3.63, 3.8) is 0 Å². The zero-order chi connectivity index (χ0) is 13.0. The van der Waals surface area contributed by atoms with E-state index in [-0.39, 0.29) is 5.54 Å². The molecule has 0 saturated carbocycles. The van der Waals surface area contributed by atoms with Crippen LogP contribution in [0.2, 0.25) is 0 Å². The van der Waals surface area contributed by atoms with Gasteiger partial charge in [-0.25, -0.2) is 0 Å². The summed E-state index contributed by atoms with van der Waals surface area (Å²) < 4.78 is 5.33. The second kappa shape index (κ2) is 5.85. The highest BCUT2D eigenvalue weighted by Crippen LogP contribution is 2.21. The van der Waals surface area contributed by atoms with Crippen molar-refractivity contribution in [2.24, 2.45) is 0 Å². The molecule has 1 aromatic heterocycles. The fraction of sp³-hybridized carbons (Fsp3) is 0.786. The van der Waals surface area contributed by atoms with Crippen LogP contribution in [0.1, 0.15) is 44.6 Å². The summed E-state index contributed by atoms with van der Waals surface area (Å²) in [5.41, 5.74) is 1.24. The summed E-state index contributed by atoms with van der Waals surface area (Å²) in [4.78, 5) is 2.49. The van der Waals surface area contributed by atoms with E-state index in [1.165, 1.54) is 19.3 Å². The molecule has 1 aliphatic rings. The molecule has 0 aliphatic carbocycles. The Labute approximate surface area is 110 Å². The fourth-order valence-electron chi connectivity index (χ4n) is 2.79. The van der Waals surface area contributed by atoms with Crippen molar-refractivity contribution in [1.29, 1.82) is 0 Å². The van der Waals surface area contributed by atoms with Crippen LogP contribution >= 0.6 is 0 Å². The summed E-state index contributed by atoms with van der Waals surface area (Å²) in [5.74, 6) is 0.982. The maximum atomic E-state index is 5.33. The van der Waals surface area contributed by atoms with Crippen molar-refractivity contribution in [2.75, 3.05) is 19.6 Å². The molecule has 0 spiro atoms. The number of aromatic nitrogens is 1. The van der Waals surface area contributed by atoms with E-state index >= 15 is 0 Å². The first-order valence-corrected chi connectivity index (χ1v) is 7.07. The van der Waals surface area contributed by atoms with Gasteiger partial charge in [0.25, 0.3) is 0 Å². The van der Waals surface area contributed by atoms with Gasteiger partial charge in [0.2, 0.25) is 0 Å². The van der Waals surface area contributed by atoms with E-state index in [4.69, 9.17) is 4.52 Å². The number of nitrogens with zero attached hydrogens (tertiary/aromatic N) is 2. The topological polar surface area (TPSA) is 41.3 Å². The maximum absolute atomic E-state index is 5.33. The van der Waals surface area contributed by atoms with Gasteiger partial charge < -0.3 is 9.84 Å². The molecule has 0 atom stereocenters. The lowest BCUT2D eigenvalue weighted by Gasteiger charge is -2.35. The van der Waals surface area contributed by atoms with Crippen molar-refractivity contribution in [2.45, 2.75) is 52.1 Å². The molecule has 1 aliphatic heterocycles. The minimum atomic E-state index is 0.269. The second-order valence-electron chi connectivity index (χ2n) is 5.41. The average molecular weight is 251 g/mol. The Morgan fingerprint density at radius 3 is 2.83 bits per heavy atom. The van der Waals surface area contributed by atoms with E-state index in [9.17, 15) is 0 Å². The van der Waals surface area contributed by atoms with Crippen molar-refractivity contribution in [3.05, 3.63) is 17.5 Å². The normalized spacial score (nSPS) is 20.8. The molecule has 0 bridgehead atoms. The van der Waals surface area contributed by atoms with Crippen LogP contribution in [0.3, 0.4) is 0 Å². The quantitative estimate of drug-likeness (QED) is 0.892. The van der Waals surface area contributed by atoms with Gasteiger partial charge in [0.15, 0.2) is 5.76 Å². The fourth-order valence-corrected chi connectivity index (χ4v) is 2.79. The van der Waals surface area contributed by atoms with Crippen molar-refractivity contribution in [1.82, 2.24) is 15.4 Å². The van der Waals surface area contributed by atoms with Gasteiger partial charge in [-0.15, -0.1) is 0 Å². The van der Waals surface area contributed by atoms with E-state index in [0.717, 1.165) is 37.6 Å². The summed E-state index contributed by atoms with van der Waals surface area (Å²) in [6, 6.07) is 2.04. The molecule has 0 aromatic carbocycles. The lowest BCUT2D eigenvalue weighted by Crippen LogP contribution is -2.50. The standard InChI is InChI=1S/C14H25N3O/c1-4-14(5-2)11-17(8-6-7-15-14)10-13-9-12(3)16-18-13/h9,15H,4-8,10-11H2,1-3H3. The highest BCUT2D eigenvalue weighted by Gasteiger charge is 2.30. The Morgan fingerprint density at radius 1 is 1.44 bits per heavy atom. The molecule has 1 aromatic rings. The molecule has 18 heavy (non-hydrogen) atoms. The number of hydrogen-bond acceptors (Lipinski definition) is 4. The predicted molar refractivity (Wildman–Crippen MR) is 72.4 cm³/mol. The van der Waals surface area contributed by atoms with Crippen LogP contribution in [-0.4, -0.2) is 35.2 Å². The minimum absolute atomic E-state index is 0.269. The highest BCUT2D eigenvalue weighted by molar-refractivity contribution is 5.03. The van der Waals surface area contributed by atoms with Gasteiger partial charge in [0.05, 0.1) is 12.2 Å². The van der Waals surface area contributed by atoms with Gasteiger partial charge in [-0.2, -0.15) is 0 Å². The van der Waals surface area contributed by atoms with Gasteiger partial charge in [-0.05, 0) is 39.3 Å². The van der Waals surface area contributed by atoms with E-state index in [1.807, 2.05) is 13.0 Å². The summed E-state index contributed by atoms with van der Waals surface area (Å²) in [7, 11) is 0. The van der Waals surface area contributed by atoms with E-state index in [0.29, 0.717) is 0 Å². The Morgan fingerprint density at radius 2 is 2.22 bits per heavy atom. The third kappa shape index (κ3) is 3.12. The Kier molecular flexibility index (Phi) is 4.40. The van der Waals surface area contributed by atoms with E-state index in [2.05, 4.69) is 29.2 Å². The molecule has 2 heterocycles. The van der Waals surface area contributed by atoms with Gasteiger partial charge in [0, 0.05) is 18.2 Å². The van der Waals surface area contributed by atoms with Crippen LogP contribution in [0.25, 0.3) is 0 Å². The molecule has 4 nitrogen and oxygen atoms in total. The molecule has 1 N–H and O–H groups in total. The molecule has 2 rings (SSSR count). The lowest BCUT2D eigenvalue weighted by molar-refractivity contribution is 0.175. The van der Waals surface area contributed by atoms with Gasteiger partial charge >= 0.3 is 0 Å². The Hall–Kier alpha value is -0.870. The number of hydrogen-bond donors (Lipinski definition) is 1. The minimum Gasteiger partial charge on any atom is -0.360 e. The molecule has 0 unspecified atom stereocenters. The number of aryl methyl sites for hydroxylation is 1. The molecule has 0 radical (unpaired) electrons. The Bertz CT molecular complexity index is 371.